The van der Waals surface area contributed by atoms with Crippen LogP contribution in [0.4, 0.5) is 15.8 Å². The predicted octanol–water partition coefficient (Wildman–Crippen LogP) is 2.24. The molecular formula is C11H17FN2O. The third-order valence-corrected chi connectivity index (χ3v) is 1.88. The molecule has 3 N–H and O–H groups in total. The Morgan fingerprint density at radius 3 is 2.87 bits per heavy atom. The summed E-state index contributed by atoms with van der Waals surface area (Å²) in [6.07, 6.45) is 0.205. The first-order chi connectivity index (χ1) is 7.09. The fraction of sp³-hybridized carbons (Fsp3) is 0.455. The van der Waals surface area contributed by atoms with Gasteiger partial charge in [0.1, 0.15) is 5.82 Å². The molecule has 1 aromatic rings. The SMILES string of the molecule is CC(C)OCCNc1cc(F)ccc1N. The van der Waals surface area contributed by atoms with E-state index in [9.17, 15) is 4.39 Å². The molecule has 0 aliphatic rings. The molecule has 0 heterocycles. The maximum absolute atomic E-state index is 12.9. The molecule has 0 unspecified atom stereocenters. The molecule has 0 aliphatic heterocycles. The molecule has 3 nitrogen and oxygen atoms in total. The Kier molecular flexibility index (Phi) is 4.37. The Labute approximate surface area is 89.4 Å². The van der Waals surface area contributed by atoms with Gasteiger partial charge in [0.05, 0.1) is 24.1 Å². The first kappa shape index (κ1) is 11.8. The number of halogens is 1. The molecule has 0 aliphatic carbocycles. The summed E-state index contributed by atoms with van der Waals surface area (Å²) in [6, 6.07) is 4.26. The van der Waals surface area contributed by atoms with E-state index >= 15 is 0 Å². The Balaban J connectivity index is 2.40. The van der Waals surface area contributed by atoms with Gasteiger partial charge in [-0.3, -0.25) is 0 Å². The van der Waals surface area contributed by atoms with E-state index < -0.39 is 0 Å². The van der Waals surface area contributed by atoms with Crippen molar-refractivity contribution in [3.63, 3.8) is 0 Å². The van der Waals surface area contributed by atoms with Gasteiger partial charge in [-0.2, -0.15) is 0 Å². The van der Waals surface area contributed by atoms with Crippen molar-refractivity contribution in [3.8, 4) is 0 Å². The molecule has 15 heavy (non-hydrogen) atoms. The smallest absolute Gasteiger partial charge is 0.125 e. The molecule has 0 amide bonds. The van der Waals surface area contributed by atoms with E-state index in [-0.39, 0.29) is 11.9 Å². The normalized spacial score (nSPS) is 10.7. The number of hydrogen-bond donors (Lipinski definition) is 2. The minimum atomic E-state index is -0.295. The van der Waals surface area contributed by atoms with Gasteiger partial charge in [-0.05, 0) is 32.0 Å². The van der Waals surface area contributed by atoms with Crippen LogP contribution < -0.4 is 11.1 Å². The van der Waals surface area contributed by atoms with Gasteiger partial charge < -0.3 is 15.8 Å². The lowest BCUT2D eigenvalue weighted by atomic mass is 10.2. The number of nitrogens with one attached hydrogen (secondary N) is 1. The van der Waals surface area contributed by atoms with Gasteiger partial charge in [0.25, 0.3) is 0 Å². The lowest BCUT2D eigenvalue weighted by Crippen LogP contribution is -2.14. The van der Waals surface area contributed by atoms with Crippen LogP contribution >= 0.6 is 0 Å². The van der Waals surface area contributed by atoms with E-state index in [2.05, 4.69) is 5.32 Å². The van der Waals surface area contributed by atoms with Gasteiger partial charge in [-0.25, -0.2) is 4.39 Å². The van der Waals surface area contributed by atoms with Gasteiger partial charge in [-0.1, -0.05) is 0 Å². The maximum Gasteiger partial charge on any atom is 0.125 e. The molecule has 0 atom stereocenters. The average Bonchev–Trinajstić information content (AvgIpc) is 2.17. The van der Waals surface area contributed by atoms with Crippen LogP contribution in [0.25, 0.3) is 0 Å². The quantitative estimate of drug-likeness (QED) is 0.581. The van der Waals surface area contributed by atoms with Gasteiger partial charge in [0.15, 0.2) is 0 Å². The fourth-order valence-electron chi connectivity index (χ4n) is 1.16. The molecule has 0 bridgehead atoms. The van der Waals surface area contributed by atoms with Crippen molar-refractivity contribution >= 4 is 11.4 Å². The third-order valence-electron chi connectivity index (χ3n) is 1.88. The summed E-state index contributed by atoms with van der Waals surface area (Å²) in [6.45, 7) is 5.13. The van der Waals surface area contributed by atoms with E-state index in [1.54, 1.807) is 6.07 Å². The Morgan fingerprint density at radius 2 is 2.20 bits per heavy atom. The molecule has 84 valence electrons. The predicted molar refractivity (Wildman–Crippen MR) is 60.4 cm³/mol. The summed E-state index contributed by atoms with van der Waals surface area (Å²) in [5.74, 6) is -0.295. The lowest BCUT2D eigenvalue weighted by Gasteiger charge is -2.11. The van der Waals surface area contributed by atoms with E-state index in [1.165, 1.54) is 12.1 Å². The highest BCUT2D eigenvalue weighted by Gasteiger charge is 2.00. The second-order valence-corrected chi connectivity index (χ2v) is 3.58. The fourth-order valence-corrected chi connectivity index (χ4v) is 1.16. The number of ether oxygens (including phenoxy) is 1. The molecule has 0 radical (unpaired) electrons. The molecule has 0 spiro atoms. The highest BCUT2D eigenvalue weighted by atomic mass is 19.1. The third kappa shape index (κ3) is 4.16. The summed E-state index contributed by atoms with van der Waals surface area (Å²) < 4.78 is 18.2. The number of benzene rings is 1. The Bertz CT molecular complexity index is 315. The average molecular weight is 212 g/mol. The second kappa shape index (κ2) is 5.56. The zero-order valence-corrected chi connectivity index (χ0v) is 9.09. The summed E-state index contributed by atoms with van der Waals surface area (Å²) in [5, 5.41) is 3.02. The largest absolute Gasteiger partial charge is 0.397 e. The number of nitrogens with two attached hydrogens (primary N) is 1. The lowest BCUT2D eigenvalue weighted by molar-refractivity contribution is 0.0870. The monoisotopic (exact) mass is 212 g/mol. The van der Waals surface area contributed by atoms with Crippen molar-refractivity contribution in [1.29, 1.82) is 0 Å². The number of nitrogen functional groups attached to an aromatic ring is 1. The molecule has 0 aromatic heterocycles. The van der Waals surface area contributed by atoms with Crippen LogP contribution in [0.5, 0.6) is 0 Å². The Hall–Kier alpha value is -1.29. The highest BCUT2D eigenvalue weighted by Crippen LogP contribution is 2.18. The second-order valence-electron chi connectivity index (χ2n) is 3.58. The van der Waals surface area contributed by atoms with Crippen LogP contribution in [0.2, 0.25) is 0 Å². The van der Waals surface area contributed by atoms with Crippen LogP contribution in [0, 0.1) is 5.82 Å². The first-order valence-corrected chi connectivity index (χ1v) is 5.00. The number of anilines is 2. The van der Waals surface area contributed by atoms with Gasteiger partial charge in [-0.15, -0.1) is 0 Å². The van der Waals surface area contributed by atoms with Crippen LogP contribution in [0.1, 0.15) is 13.8 Å². The zero-order chi connectivity index (χ0) is 11.3. The molecule has 4 heteroatoms. The van der Waals surface area contributed by atoms with Crippen molar-refractivity contribution in [2.24, 2.45) is 0 Å². The minimum Gasteiger partial charge on any atom is -0.397 e. The van der Waals surface area contributed by atoms with Crippen molar-refractivity contribution in [2.75, 3.05) is 24.2 Å². The molecule has 0 saturated heterocycles. The van der Waals surface area contributed by atoms with Crippen LogP contribution in [0.3, 0.4) is 0 Å². The van der Waals surface area contributed by atoms with Crippen molar-refractivity contribution in [3.05, 3.63) is 24.0 Å². The summed E-state index contributed by atoms with van der Waals surface area (Å²) in [4.78, 5) is 0. The van der Waals surface area contributed by atoms with Crippen molar-refractivity contribution in [2.45, 2.75) is 20.0 Å². The topological polar surface area (TPSA) is 47.3 Å². The zero-order valence-electron chi connectivity index (χ0n) is 9.09. The number of rotatable bonds is 5. The van der Waals surface area contributed by atoms with E-state index in [0.717, 1.165) is 0 Å². The molecule has 0 fully saturated rings. The highest BCUT2D eigenvalue weighted by molar-refractivity contribution is 5.65. The maximum atomic E-state index is 12.9. The van der Waals surface area contributed by atoms with E-state index in [1.807, 2.05) is 13.8 Å². The summed E-state index contributed by atoms with van der Waals surface area (Å²) in [7, 11) is 0. The van der Waals surface area contributed by atoms with E-state index in [4.69, 9.17) is 10.5 Å². The molecule has 0 saturated carbocycles. The minimum absolute atomic E-state index is 0.205. The standard InChI is InChI=1S/C11H17FN2O/c1-8(2)15-6-5-14-11-7-9(12)3-4-10(11)13/h3-4,7-8,14H,5-6,13H2,1-2H3. The summed E-state index contributed by atoms with van der Waals surface area (Å²) >= 11 is 0. The molecular weight excluding hydrogens is 195 g/mol. The van der Waals surface area contributed by atoms with Crippen molar-refractivity contribution < 1.29 is 9.13 Å². The molecule has 1 rings (SSSR count). The van der Waals surface area contributed by atoms with Gasteiger partial charge in [0, 0.05) is 6.54 Å². The first-order valence-electron chi connectivity index (χ1n) is 5.00. The van der Waals surface area contributed by atoms with Crippen LogP contribution in [-0.2, 0) is 4.74 Å². The molecule has 1 aromatic carbocycles. The van der Waals surface area contributed by atoms with Crippen molar-refractivity contribution in [1.82, 2.24) is 0 Å². The van der Waals surface area contributed by atoms with Crippen LogP contribution in [-0.4, -0.2) is 19.3 Å². The van der Waals surface area contributed by atoms with Gasteiger partial charge >= 0.3 is 0 Å². The number of hydrogen-bond acceptors (Lipinski definition) is 3. The van der Waals surface area contributed by atoms with E-state index in [0.29, 0.717) is 24.5 Å². The Morgan fingerprint density at radius 1 is 1.47 bits per heavy atom. The summed E-state index contributed by atoms with van der Waals surface area (Å²) in [5.41, 5.74) is 6.82. The van der Waals surface area contributed by atoms with Crippen LogP contribution in [0.15, 0.2) is 18.2 Å². The van der Waals surface area contributed by atoms with Gasteiger partial charge in [0.2, 0.25) is 0 Å².